The molecule has 4 aliphatic heterocycles. The van der Waals surface area contributed by atoms with Crippen LogP contribution < -0.4 is 15.0 Å². The van der Waals surface area contributed by atoms with Crippen LogP contribution in [0.2, 0.25) is 16.6 Å². The van der Waals surface area contributed by atoms with Crippen molar-refractivity contribution in [1.82, 2.24) is 20.2 Å². The molecule has 0 amide bonds. The third-order valence-corrected chi connectivity index (χ3v) is 19.4. The van der Waals surface area contributed by atoms with Gasteiger partial charge in [0.1, 0.15) is 43.8 Å². The van der Waals surface area contributed by atoms with Crippen LogP contribution in [-0.2, 0) is 0 Å². The summed E-state index contributed by atoms with van der Waals surface area (Å²) in [6.45, 7) is 16.2. The zero-order chi connectivity index (χ0) is 38.1. The lowest BCUT2D eigenvalue weighted by Crippen LogP contribution is -2.51. The lowest BCUT2D eigenvalue weighted by atomic mass is 9.93. The number of fused-ring (bicyclic) bond motifs is 5. The molecule has 2 N–H and O–H groups in total. The van der Waals surface area contributed by atoms with Crippen LogP contribution in [0.25, 0.3) is 32.8 Å². The Morgan fingerprint density at radius 2 is 1.69 bits per heavy atom. The zero-order valence-corrected chi connectivity index (χ0v) is 33.3. The number of phenolic OH excluding ortho intramolecular Hbond substituents is 1. The second-order valence-electron chi connectivity index (χ2n) is 17.2. The van der Waals surface area contributed by atoms with E-state index in [0.717, 1.165) is 45.3 Å². The summed E-state index contributed by atoms with van der Waals surface area (Å²) in [7, 11) is -2.26. The van der Waals surface area contributed by atoms with E-state index in [1.807, 2.05) is 6.07 Å². The number of phenols is 1. The highest BCUT2D eigenvalue weighted by molar-refractivity contribution is 6.90. The SMILES string of the molecule is CC(C)[Si](C#Cc1c(F)ccc2cc(O)cc(-c3ccc4c(N5CC6CCC(C5)N6)nc(OC[C@@]56CCCN5C[C@H](F)C6)nc4c3F)c12)(C(C)C)C(C)C. The van der Waals surface area contributed by atoms with Crippen LogP contribution >= 0.6 is 0 Å². The number of hydrogen-bond acceptors (Lipinski definition) is 7. The summed E-state index contributed by atoms with van der Waals surface area (Å²) in [5.41, 5.74) is 5.04. The number of hydrogen-bond donors (Lipinski definition) is 2. The number of aromatic nitrogens is 2. The molecule has 3 aromatic carbocycles. The number of piperazine rings is 1. The maximum atomic E-state index is 17.4. The lowest BCUT2D eigenvalue weighted by Gasteiger charge is -2.38. The van der Waals surface area contributed by atoms with Crippen molar-refractivity contribution < 1.29 is 23.0 Å². The standard InChI is InChI=1S/C43H52F3N5O2Si/c1-25(2)54(26(3)4,27(5)6)17-14-34-37(45)13-8-28-18-32(52)19-36(38(28)34)33-11-12-35-40(39(33)46)48-42(49-41(35)50-22-30-9-10-31(23-50)47-30)53-24-43-15-7-16-51(43)21-29(44)20-43/h8,11-13,18-19,25-27,29-31,47,52H,7,9-10,15-16,20-24H2,1-6H3/t29-,30?,31?,43+/m1/s1. The summed E-state index contributed by atoms with van der Waals surface area (Å²) in [5.74, 6) is 2.74. The highest BCUT2D eigenvalue weighted by Gasteiger charge is 2.49. The average molecular weight is 756 g/mol. The maximum Gasteiger partial charge on any atom is 0.319 e. The Morgan fingerprint density at radius 1 is 0.963 bits per heavy atom. The van der Waals surface area contributed by atoms with E-state index in [-0.39, 0.29) is 35.0 Å². The summed E-state index contributed by atoms with van der Waals surface area (Å²) < 4.78 is 54.4. The zero-order valence-electron chi connectivity index (χ0n) is 32.3. The molecular formula is C43H52F3N5O2Si. The van der Waals surface area contributed by atoms with Gasteiger partial charge in [-0.1, -0.05) is 59.6 Å². The average Bonchev–Trinajstić information content (AvgIpc) is 3.77. The molecule has 4 saturated heterocycles. The van der Waals surface area contributed by atoms with Gasteiger partial charge in [0.05, 0.1) is 11.1 Å². The largest absolute Gasteiger partial charge is 0.508 e. The molecule has 2 bridgehead atoms. The summed E-state index contributed by atoms with van der Waals surface area (Å²) >= 11 is 0. The Balaban J connectivity index is 1.29. The Bertz CT molecular complexity index is 2130. The van der Waals surface area contributed by atoms with Gasteiger partial charge in [-0.2, -0.15) is 9.97 Å². The molecule has 4 aliphatic rings. The third kappa shape index (κ3) is 6.22. The molecule has 286 valence electrons. The quantitative estimate of drug-likeness (QED) is 0.138. The molecule has 0 radical (unpaired) electrons. The molecule has 1 aromatic heterocycles. The van der Waals surface area contributed by atoms with Crippen molar-refractivity contribution >= 4 is 35.6 Å². The summed E-state index contributed by atoms with van der Waals surface area (Å²) in [5, 5.41) is 16.2. The number of anilines is 1. The minimum absolute atomic E-state index is 0.0543. The molecule has 4 atom stereocenters. The second-order valence-corrected chi connectivity index (χ2v) is 22.8. The van der Waals surface area contributed by atoms with E-state index in [1.54, 1.807) is 18.2 Å². The van der Waals surface area contributed by atoms with Crippen LogP contribution in [0.15, 0.2) is 36.4 Å². The molecule has 8 rings (SSSR count). The van der Waals surface area contributed by atoms with Crippen molar-refractivity contribution in [1.29, 1.82) is 0 Å². The fourth-order valence-electron chi connectivity index (χ4n) is 10.6. The van der Waals surface area contributed by atoms with Gasteiger partial charge < -0.3 is 20.1 Å². The van der Waals surface area contributed by atoms with Crippen LogP contribution in [0.1, 0.15) is 79.2 Å². The summed E-state index contributed by atoms with van der Waals surface area (Å²) in [6, 6.07) is 10.2. The highest BCUT2D eigenvalue weighted by atomic mass is 28.3. The van der Waals surface area contributed by atoms with E-state index in [4.69, 9.17) is 14.7 Å². The fraction of sp³-hybridized carbons (Fsp3) is 0.535. The number of rotatable bonds is 8. The van der Waals surface area contributed by atoms with Gasteiger partial charge in [0.2, 0.25) is 0 Å². The number of nitrogens with one attached hydrogen (secondary N) is 1. The van der Waals surface area contributed by atoms with Gasteiger partial charge in [-0.25, -0.2) is 13.2 Å². The number of halogens is 3. The molecule has 4 fully saturated rings. The van der Waals surface area contributed by atoms with Crippen LogP contribution in [-0.4, -0.2) is 84.6 Å². The predicted octanol–water partition coefficient (Wildman–Crippen LogP) is 8.90. The van der Waals surface area contributed by atoms with E-state index >= 15 is 8.78 Å². The molecule has 11 heteroatoms. The van der Waals surface area contributed by atoms with Gasteiger partial charge in [0, 0.05) is 54.5 Å². The number of alkyl halides is 1. The molecular weight excluding hydrogens is 704 g/mol. The van der Waals surface area contributed by atoms with Crippen molar-refractivity contribution in [3.63, 3.8) is 0 Å². The first kappa shape index (κ1) is 37.1. The Kier molecular flexibility index (Phi) is 9.63. The Labute approximate surface area is 317 Å². The van der Waals surface area contributed by atoms with Crippen LogP contribution in [0.3, 0.4) is 0 Å². The lowest BCUT2D eigenvalue weighted by molar-refractivity contribution is 0.107. The minimum atomic E-state index is -2.26. The number of nitrogens with zero attached hydrogens (tertiary/aromatic N) is 4. The molecule has 0 spiro atoms. The first-order chi connectivity index (χ1) is 25.8. The van der Waals surface area contributed by atoms with Crippen LogP contribution in [0, 0.1) is 23.1 Å². The van der Waals surface area contributed by atoms with Crippen molar-refractivity contribution in [2.24, 2.45) is 0 Å². The number of ether oxygens (including phenoxy) is 1. The van der Waals surface area contributed by atoms with Crippen molar-refractivity contribution in [3.8, 4) is 34.4 Å². The number of benzene rings is 3. The van der Waals surface area contributed by atoms with Crippen molar-refractivity contribution in [2.75, 3.05) is 37.7 Å². The normalized spacial score (nSPS) is 24.3. The highest BCUT2D eigenvalue weighted by Crippen LogP contribution is 2.44. The van der Waals surface area contributed by atoms with Gasteiger partial charge in [0.25, 0.3) is 0 Å². The van der Waals surface area contributed by atoms with E-state index in [0.29, 0.717) is 69.2 Å². The third-order valence-electron chi connectivity index (χ3n) is 13.1. The maximum absolute atomic E-state index is 17.4. The monoisotopic (exact) mass is 755 g/mol. The summed E-state index contributed by atoms with van der Waals surface area (Å²) in [6.07, 6.45) is 3.42. The summed E-state index contributed by atoms with van der Waals surface area (Å²) in [4.78, 5) is 14.0. The second kappa shape index (κ2) is 14.0. The van der Waals surface area contributed by atoms with Gasteiger partial charge in [0.15, 0.2) is 5.82 Å². The van der Waals surface area contributed by atoms with E-state index in [9.17, 15) is 9.50 Å². The molecule has 54 heavy (non-hydrogen) atoms. The first-order valence-corrected chi connectivity index (χ1v) is 22.0. The van der Waals surface area contributed by atoms with Gasteiger partial charge in [-0.05, 0) is 84.1 Å². The van der Waals surface area contributed by atoms with Gasteiger partial charge >= 0.3 is 6.01 Å². The molecule has 0 saturated carbocycles. The van der Waals surface area contributed by atoms with E-state index < -0.39 is 31.4 Å². The van der Waals surface area contributed by atoms with Gasteiger partial charge in [-0.3, -0.25) is 4.90 Å². The van der Waals surface area contributed by atoms with Crippen LogP contribution in [0.4, 0.5) is 19.0 Å². The Morgan fingerprint density at radius 3 is 2.39 bits per heavy atom. The number of aromatic hydroxyl groups is 1. The molecule has 0 aliphatic carbocycles. The van der Waals surface area contributed by atoms with Crippen molar-refractivity contribution in [2.45, 2.75) is 114 Å². The minimum Gasteiger partial charge on any atom is -0.508 e. The first-order valence-electron chi connectivity index (χ1n) is 19.8. The molecule has 7 nitrogen and oxygen atoms in total. The van der Waals surface area contributed by atoms with Crippen LogP contribution in [0.5, 0.6) is 11.8 Å². The van der Waals surface area contributed by atoms with E-state index in [1.165, 1.54) is 12.1 Å². The fourth-order valence-corrected chi connectivity index (χ4v) is 15.8. The van der Waals surface area contributed by atoms with Gasteiger partial charge in [-0.15, -0.1) is 5.54 Å². The topological polar surface area (TPSA) is 73.8 Å². The van der Waals surface area contributed by atoms with Crippen molar-refractivity contribution in [3.05, 3.63) is 53.6 Å². The smallest absolute Gasteiger partial charge is 0.319 e. The van der Waals surface area contributed by atoms with E-state index in [2.05, 4.69) is 68.1 Å². The predicted molar refractivity (Wildman–Crippen MR) is 213 cm³/mol. The molecule has 5 heterocycles. The molecule has 4 aromatic rings. The Hall–Kier alpha value is -3.85. The molecule has 2 unspecified atom stereocenters.